The van der Waals surface area contributed by atoms with E-state index >= 15 is 0 Å². The van der Waals surface area contributed by atoms with Gasteiger partial charge in [0, 0.05) is 26.7 Å². The fourth-order valence-electron chi connectivity index (χ4n) is 4.23. The monoisotopic (exact) mass is 380 g/mol. The Kier molecular flexibility index (Phi) is 5.64. The molecule has 1 fully saturated rings. The van der Waals surface area contributed by atoms with Gasteiger partial charge in [-0.2, -0.15) is 0 Å². The molecule has 0 spiro atoms. The van der Waals surface area contributed by atoms with Crippen molar-refractivity contribution < 1.29 is 14.6 Å². The zero-order valence-corrected chi connectivity index (χ0v) is 16.3. The summed E-state index contributed by atoms with van der Waals surface area (Å²) in [6.45, 7) is 2.24. The van der Waals surface area contributed by atoms with E-state index < -0.39 is 6.10 Å². The number of aryl methyl sites for hydroxylation is 1. The predicted octanol–water partition coefficient (Wildman–Crippen LogP) is 2.65. The van der Waals surface area contributed by atoms with E-state index in [1.54, 1.807) is 0 Å². The molecule has 2 aromatic carbocycles. The molecule has 28 heavy (non-hydrogen) atoms. The van der Waals surface area contributed by atoms with Gasteiger partial charge in [-0.15, -0.1) is 0 Å². The molecule has 0 aromatic heterocycles. The molecule has 2 aromatic rings. The van der Waals surface area contributed by atoms with Crippen LogP contribution in [0.4, 0.5) is 0 Å². The van der Waals surface area contributed by atoms with Crippen molar-refractivity contribution >= 4 is 5.91 Å². The number of hydrogen-bond acceptors (Lipinski definition) is 4. The highest BCUT2D eigenvalue weighted by atomic mass is 16.5. The number of para-hydroxylation sites is 1. The largest absolute Gasteiger partial charge is 0.480 e. The van der Waals surface area contributed by atoms with Crippen molar-refractivity contribution in [3.05, 3.63) is 65.7 Å². The van der Waals surface area contributed by atoms with Crippen LogP contribution in [-0.2, 0) is 11.2 Å². The van der Waals surface area contributed by atoms with E-state index in [1.807, 2.05) is 48.3 Å². The third kappa shape index (κ3) is 4.05. The number of fused-ring (bicyclic) bond motifs is 1. The molecule has 0 saturated carbocycles. The van der Waals surface area contributed by atoms with Crippen LogP contribution in [-0.4, -0.2) is 59.7 Å². The van der Waals surface area contributed by atoms with E-state index in [2.05, 4.69) is 23.1 Å². The second-order valence-electron chi connectivity index (χ2n) is 7.83. The van der Waals surface area contributed by atoms with E-state index in [1.165, 1.54) is 5.56 Å². The Morgan fingerprint density at radius 3 is 2.68 bits per heavy atom. The number of β-amino-alcohol motifs (C(OH)–C–C–N with tert-alkyl or cyclic N) is 1. The average molecular weight is 380 g/mol. The van der Waals surface area contributed by atoms with Gasteiger partial charge in [-0.05, 0) is 36.5 Å². The molecule has 148 valence electrons. The quantitative estimate of drug-likeness (QED) is 0.867. The summed E-state index contributed by atoms with van der Waals surface area (Å²) in [7, 11) is 1.87. The van der Waals surface area contributed by atoms with Crippen LogP contribution in [0, 0.1) is 0 Å². The number of amides is 1. The molecule has 2 aliphatic heterocycles. The topological polar surface area (TPSA) is 53.0 Å². The maximum Gasteiger partial charge on any atom is 0.263 e. The van der Waals surface area contributed by atoms with E-state index in [0.717, 1.165) is 30.7 Å². The Morgan fingerprint density at radius 1 is 1.18 bits per heavy atom. The van der Waals surface area contributed by atoms with Crippen LogP contribution in [0.3, 0.4) is 0 Å². The van der Waals surface area contributed by atoms with Gasteiger partial charge in [-0.1, -0.05) is 48.5 Å². The number of ether oxygens (including phenoxy) is 1. The Balaban J connectivity index is 1.51. The lowest BCUT2D eigenvalue weighted by Crippen LogP contribution is -2.46. The molecule has 4 rings (SSSR count). The van der Waals surface area contributed by atoms with Gasteiger partial charge in [0.1, 0.15) is 5.75 Å². The third-order valence-corrected chi connectivity index (χ3v) is 5.87. The molecular formula is C23H28N2O3. The lowest BCUT2D eigenvalue weighted by atomic mass is 10.00. The van der Waals surface area contributed by atoms with Crippen LogP contribution in [0.25, 0.3) is 0 Å². The smallest absolute Gasteiger partial charge is 0.263 e. The average Bonchev–Trinajstić information content (AvgIpc) is 3.16. The number of aliphatic hydroxyl groups excluding tert-OH is 1. The van der Waals surface area contributed by atoms with Crippen molar-refractivity contribution in [1.29, 1.82) is 0 Å². The second kappa shape index (κ2) is 8.33. The predicted molar refractivity (Wildman–Crippen MR) is 108 cm³/mol. The van der Waals surface area contributed by atoms with Crippen molar-refractivity contribution in [1.82, 2.24) is 9.80 Å². The minimum atomic E-state index is -0.449. The fraction of sp³-hybridized carbons (Fsp3) is 0.435. The molecule has 1 N–H and O–H groups in total. The van der Waals surface area contributed by atoms with Gasteiger partial charge in [-0.3, -0.25) is 9.69 Å². The number of nitrogens with zero attached hydrogens (tertiary/aromatic N) is 2. The zero-order chi connectivity index (χ0) is 19.5. The van der Waals surface area contributed by atoms with Gasteiger partial charge in [0.2, 0.25) is 0 Å². The molecule has 5 heteroatoms. The molecule has 5 nitrogen and oxygen atoms in total. The summed E-state index contributed by atoms with van der Waals surface area (Å²) >= 11 is 0. The van der Waals surface area contributed by atoms with Gasteiger partial charge >= 0.3 is 0 Å². The molecular weight excluding hydrogens is 352 g/mol. The molecule has 2 aliphatic rings. The van der Waals surface area contributed by atoms with Crippen molar-refractivity contribution in [2.45, 2.75) is 37.5 Å². The van der Waals surface area contributed by atoms with Crippen LogP contribution >= 0.6 is 0 Å². The number of likely N-dealkylation sites (N-methyl/N-ethyl adjacent to an activating group) is 1. The Bertz CT molecular complexity index is 811. The number of carbonyl (C=O) groups excluding carboxylic acids is 1. The van der Waals surface area contributed by atoms with Crippen molar-refractivity contribution in [2.75, 3.05) is 26.7 Å². The first-order valence-electron chi connectivity index (χ1n) is 10.1. The van der Waals surface area contributed by atoms with Gasteiger partial charge in [0.15, 0.2) is 6.10 Å². The summed E-state index contributed by atoms with van der Waals surface area (Å²) in [5.74, 6) is 0.836. The van der Waals surface area contributed by atoms with Crippen molar-refractivity contribution in [2.24, 2.45) is 0 Å². The van der Waals surface area contributed by atoms with Gasteiger partial charge in [0.25, 0.3) is 5.91 Å². The van der Waals surface area contributed by atoms with Gasteiger partial charge in [-0.25, -0.2) is 0 Å². The molecule has 1 amide bonds. The van der Waals surface area contributed by atoms with Crippen LogP contribution in [0.1, 0.15) is 30.0 Å². The standard InChI is InChI=1S/C23H28N2O3/c1-24(23(27)22-12-11-18-9-5-6-10-21(18)28-22)20(17-7-3-2-4-8-17)16-25-14-13-19(26)15-25/h2-10,19-20,22,26H,11-16H2,1H3/t19-,20-,22-/m0/s1. The number of hydrogen-bond donors (Lipinski definition) is 1. The lowest BCUT2D eigenvalue weighted by molar-refractivity contribution is -0.140. The minimum absolute atomic E-state index is 0.0168. The molecule has 0 bridgehead atoms. The van der Waals surface area contributed by atoms with Crippen molar-refractivity contribution in [3.63, 3.8) is 0 Å². The molecule has 0 unspecified atom stereocenters. The Hall–Kier alpha value is -2.37. The van der Waals surface area contributed by atoms with Gasteiger partial charge < -0.3 is 14.7 Å². The van der Waals surface area contributed by atoms with E-state index in [9.17, 15) is 9.90 Å². The second-order valence-corrected chi connectivity index (χ2v) is 7.83. The first kappa shape index (κ1) is 19.0. The summed E-state index contributed by atoms with van der Waals surface area (Å²) in [5, 5.41) is 9.89. The molecule has 2 heterocycles. The highest BCUT2D eigenvalue weighted by Gasteiger charge is 2.33. The van der Waals surface area contributed by atoms with E-state index in [-0.39, 0.29) is 18.1 Å². The lowest BCUT2D eigenvalue weighted by Gasteiger charge is -2.35. The molecule has 3 atom stereocenters. The Labute approximate surface area is 166 Å². The fourth-order valence-corrected chi connectivity index (χ4v) is 4.23. The SMILES string of the molecule is CN(C(=O)[C@@H]1CCc2ccccc2O1)[C@@H](CN1CC[C@H](O)C1)c1ccccc1. The highest BCUT2D eigenvalue weighted by molar-refractivity contribution is 5.82. The minimum Gasteiger partial charge on any atom is -0.480 e. The van der Waals surface area contributed by atoms with E-state index in [0.29, 0.717) is 19.5 Å². The number of aliphatic hydroxyl groups is 1. The zero-order valence-electron chi connectivity index (χ0n) is 16.3. The summed E-state index contributed by atoms with van der Waals surface area (Å²) < 4.78 is 6.04. The van der Waals surface area contributed by atoms with Gasteiger partial charge in [0.05, 0.1) is 12.1 Å². The van der Waals surface area contributed by atoms with Crippen LogP contribution in [0.15, 0.2) is 54.6 Å². The number of likely N-dealkylation sites (tertiary alicyclic amines) is 1. The number of carbonyl (C=O) groups is 1. The van der Waals surface area contributed by atoms with Crippen LogP contribution < -0.4 is 4.74 Å². The number of benzene rings is 2. The third-order valence-electron chi connectivity index (χ3n) is 5.87. The molecule has 1 saturated heterocycles. The Morgan fingerprint density at radius 2 is 1.93 bits per heavy atom. The highest BCUT2D eigenvalue weighted by Crippen LogP contribution is 2.30. The maximum atomic E-state index is 13.3. The first-order valence-corrected chi connectivity index (χ1v) is 10.1. The maximum absolute atomic E-state index is 13.3. The summed E-state index contributed by atoms with van der Waals surface area (Å²) in [4.78, 5) is 17.4. The van der Waals surface area contributed by atoms with Crippen LogP contribution in [0.2, 0.25) is 0 Å². The van der Waals surface area contributed by atoms with E-state index in [4.69, 9.17) is 4.74 Å². The van der Waals surface area contributed by atoms with Crippen molar-refractivity contribution in [3.8, 4) is 5.75 Å². The summed E-state index contributed by atoms with van der Waals surface area (Å²) in [6.07, 6.45) is 1.63. The first-order chi connectivity index (χ1) is 13.6. The molecule has 0 radical (unpaired) electrons. The van der Waals surface area contributed by atoms with Crippen LogP contribution in [0.5, 0.6) is 5.75 Å². The summed E-state index contributed by atoms with van der Waals surface area (Å²) in [6, 6.07) is 18.0. The summed E-state index contributed by atoms with van der Waals surface area (Å²) in [5.41, 5.74) is 2.27. The normalized spacial score (nSPS) is 22.9. The number of rotatable bonds is 5. The molecule has 0 aliphatic carbocycles.